The summed E-state index contributed by atoms with van der Waals surface area (Å²) in [6.07, 6.45) is 11.5. The van der Waals surface area contributed by atoms with Crippen molar-refractivity contribution in [2.75, 3.05) is 4.90 Å². The average Bonchev–Trinajstić information content (AvgIpc) is 3.20. The van der Waals surface area contributed by atoms with Crippen LogP contribution in [0.1, 0.15) is 76.7 Å². The van der Waals surface area contributed by atoms with Gasteiger partial charge in [0, 0.05) is 23.9 Å². The van der Waals surface area contributed by atoms with Gasteiger partial charge < -0.3 is 0 Å². The average molecular weight is 393 g/mol. The van der Waals surface area contributed by atoms with Gasteiger partial charge in [-0.2, -0.15) is 4.98 Å². The van der Waals surface area contributed by atoms with E-state index >= 15 is 0 Å². The van der Waals surface area contributed by atoms with Gasteiger partial charge in [0.15, 0.2) is 5.82 Å². The predicted molar refractivity (Wildman–Crippen MR) is 115 cm³/mol. The van der Waals surface area contributed by atoms with Gasteiger partial charge in [0.25, 0.3) is 0 Å². The molecule has 2 fully saturated rings. The Hall–Kier alpha value is -2.17. The van der Waals surface area contributed by atoms with Gasteiger partial charge in [-0.05, 0) is 38.2 Å². The van der Waals surface area contributed by atoms with E-state index in [1.165, 1.54) is 56.9 Å². The molecule has 5 nitrogen and oxygen atoms in total. The topological polar surface area (TPSA) is 51.0 Å². The van der Waals surface area contributed by atoms with Crippen LogP contribution < -0.4 is 4.90 Å². The van der Waals surface area contributed by atoms with Gasteiger partial charge in [-0.3, -0.25) is 9.69 Å². The molecular formula is C24H32N4O. The minimum absolute atomic E-state index is 0.0388. The van der Waals surface area contributed by atoms with Crippen molar-refractivity contribution >= 4 is 11.9 Å². The van der Waals surface area contributed by atoms with Gasteiger partial charge in [0.1, 0.15) is 0 Å². The number of aromatic nitrogens is 3. The molecule has 29 heavy (non-hydrogen) atoms. The van der Waals surface area contributed by atoms with Gasteiger partial charge in [-0.25, -0.2) is 4.68 Å². The summed E-state index contributed by atoms with van der Waals surface area (Å²) < 4.78 is 2.22. The summed E-state index contributed by atoms with van der Waals surface area (Å²) in [7, 11) is 0. The lowest BCUT2D eigenvalue weighted by Crippen LogP contribution is -2.61. The highest BCUT2D eigenvalue weighted by atomic mass is 16.2. The van der Waals surface area contributed by atoms with Crippen LogP contribution >= 0.6 is 0 Å². The number of aryl methyl sites for hydroxylation is 1. The number of rotatable bonds is 2. The summed E-state index contributed by atoms with van der Waals surface area (Å²) in [6.45, 7) is 4.08. The maximum atomic E-state index is 13.1. The van der Waals surface area contributed by atoms with Crippen molar-refractivity contribution in [3.63, 3.8) is 0 Å². The van der Waals surface area contributed by atoms with E-state index in [0.29, 0.717) is 12.3 Å². The second-order valence-electron chi connectivity index (χ2n) is 9.20. The second-order valence-corrected chi connectivity index (χ2v) is 9.20. The first-order valence-corrected chi connectivity index (χ1v) is 11.5. The molecule has 3 aliphatic rings. The molecule has 0 radical (unpaired) electrons. The molecule has 1 aliphatic heterocycles. The van der Waals surface area contributed by atoms with E-state index in [9.17, 15) is 4.79 Å². The monoisotopic (exact) mass is 392 g/mol. The van der Waals surface area contributed by atoms with Crippen LogP contribution in [0, 0.1) is 12.8 Å². The van der Waals surface area contributed by atoms with E-state index in [2.05, 4.69) is 29.8 Å². The number of hydrogen-bond acceptors (Lipinski definition) is 3. The summed E-state index contributed by atoms with van der Waals surface area (Å²) in [5.74, 6) is 2.28. The molecule has 2 aromatic rings. The van der Waals surface area contributed by atoms with E-state index in [4.69, 9.17) is 10.1 Å². The number of carbonyl (C=O) groups is 1. The Kier molecular flexibility index (Phi) is 4.72. The number of anilines is 1. The summed E-state index contributed by atoms with van der Waals surface area (Å²) in [4.78, 5) is 20.2. The Morgan fingerprint density at radius 1 is 1.10 bits per heavy atom. The molecule has 0 saturated heterocycles. The fourth-order valence-corrected chi connectivity index (χ4v) is 6.26. The third-order valence-electron chi connectivity index (χ3n) is 7.66. The highest BCUT2D eigenvalue weighted by molar-refractivity contribution is 5.93. The molecule has 2 atom stereocenters. The van der Waals surface area contributed by atoms with Crippen molar-refractivity contribution in [3.8, 4) is 11.4 Å². The Labute approximate surface area is 173 Å². The van der Waals surface area contributed by atoms with E-state index in [0.717, 1.165) is 23.8 Å². The lowest BCUT2D eigenvalue weighted by Gasteiger charge is -2.55. The fraction of sp³-hybridized carbons (Fsp3) is 0.625. The maximum Gasteiger partial charge on any atom is 0.231 e. The van der Waals surface area contributed by atoms with Crippen LogP contribution in [0.2, 0.25) is 0 Å². The zero-order chi connectivity index (χ0) is 20.0. The van der Waals surface area contributed by atoms with E-state index in [1.807, 2.05) is 17.9 Å². The molecule has 5 heteroatoms. The van der Waals surface area contributed by atoms with Crippen LogP contribution in [-0.4, -0.2) is 26.7 Å². The molecule has 1 spiro atoms. The quantitative estimate of drug-likeness (QED) is 0.703. The van der Waals surface area contributed by atoms with Gasteiger partial charge in [0.2, 0.25) is 11.9 Å². The SMILES string of the molecule is CCC(=O)N1c2nc(-c3ccccc3C)nn2C2(CCCCC2)[C@@H]2CCCC[C@@H]21. The van der Waals surface area contributed by atoms with Crippen molar-refractivity contribution in [2.24, 2.45) is 5.92 Å². The van der Waals surface area contributed by atoms with Crippen LogP contribution in [0.4, 0.5) is 5.95 Å². The molecule has 2 saturated carbocycles. The van der Waals surface area contributed by atoms with Crippen molar-refractivity contribution in [3.05, 3.63) is 29.8 Å². The van der Waals surface area contributed by atoms with Crippen LogP contribution in [0.3, 0.4) is 0 Å². The number of carbonyl (C=O) groups excluding carboxylic acids is 1. The lowest BCUT2D eigenvalue weighted by atomic mass is 9.64. The zero-order valence-corrected chi connectivity index (χ0v) is 17.7. The fourth-order valence-electron chi connectivity index (χ4n) is 6.26. The molecule has 0 N–H and O–H groups in total. The molecule has 5 rings (SSSR count). The highest BCUT2D eigenvalue weighted by Crippen LogP contribution is 2.53. The molecule has 1 aromatic carbocycles. The third-order valence-corrected chi connectivity index (χ3v) is 7.66. The number of nitrogens with zero attached hydrogens (tertiary/aromatic N) is 4. The van der Waals surface area contributed by atoms with E-state index in [1.54, 1.807) is 0 Å². The summed E-state index contributed by atoms with van der Waals surface area (Å²) >= 11 is 0. The highest BCUT2D eigenvalue weighted by Gasteiger charge is 2.54. The van der Waals surface area contributed by atoms with Crippen LogP contribution in [0.25, 0.3) is 11.4 Å². The summed E-state index contributed by atoms with van der Waals surface area (Å²) in [5, 5.41) is 5.13. The van der Waals surface area contributed by atoms with Gasteiger partial charge in [0.05, 0.1) is 5.54 Å². The Balaban J connectivity index is 1.72. The standard InChI is InChI=1S/C24H32N4O/c1-3-21(29)27-20-14-8-7-13-19(20)24(15-9-4-10-16-24)28-23(27)25-22(26-28)18-12-6-5-11-17(18)2/h5-6,11-12,19-20H,3-4,7-10,13-16H2,1-2H3/t19-,20+/m1/s1. The first-order chi connectivity index (χ1) is 14.2. The smallest absolute Gasteiger partial charge is 0.231 e. The Morgan fingerprint density at radius 3 is 2.62 bits per heavy atom. The van der Waals surface area contributed by atoms with Crippen LogP contribution in [0.15, 0.2) is 24.3 Å². The first kappa shape index (κ1) is 18.8. The van der Waals surface area contributed by atoms with Gasteiger partial charge >= 0.3 is 0 Å². The lowest BCUT2D eigenvalue weighted by molar-refractivity contribution is -0.120. The van der Waals surface area contributed by atoms with Crippen LogP contribution in [0.5, 0.6) is 0 Å². The Morgan fingerprint density at radius 2 is 1.86 bits per heavy atom. The predicted octanol–water partition coefficient (Wildman–Crippen LogP) is 5.23. The normalized spacial score (nSPS) is 25.5. The van der Waals surface area contributed by atoms with Gasteiger partial charge in [-0.1, -0.05) is 63.3 Å². The molecule has 0 unspecified atom stereocenters. The number of hydrogen-bond donors (Lipinski definition) is 0. The molecule has 0 bridgehead atoms. The van der Waals surface area contributed by atoms with Crippen LogP contribution in [-0.2, 0) is 10.3 Å². The molecule has 2 heterocycles. The minimum atomic E-state index is 0.0388. The zero-order valence-electron chi connectivity index (χ0n) is 17.7. The van der Waals surface area contributed by atoms with Crippen molar-refractivity contribution in [1.29, 1.82) is 0 Å². The number of fused-ring (bicyclic) bond motifs is 4. The maximum absolute atomic E-state index is 13.1. The molecule has 1 aromatic heterocycles. The summed E-state index contributed by atoms with van der Waals surface area (Å²) in [5.41, 5.74) is 2.29. The summed E-state index contributed by atoms with van der Waals surface area (Å²) in [6, 6.07) is 8.60. The van der Waals surface area contributed by atoms with Crippen molar-refractivity contribution in [1.82, 2.24) is 14.8 Å². The number of amides is 1. The molecule has 2 aliphatic carbocycles. The van der Waals surface area contributed by atoms with Crippen molar-refractivity contribution in [2.45, 2.75) is 89.6 Å². The number of benzene rings is 1. The molecule has 1 amide bonds. The minimum Gasteiger partial charge on any atom is -0.277 e. The van der Waals surface area contributed by atoms with E-state index in [-0.39, 0.29) is 17.5 Å². The first-order valence-electron chi connectivity index (χ1n) is 11.5. The molecular weight excluding hydrogens is 360 g/mol. The third kappa shape index (κ3) is 2.84. The Bertz CT molecular complexity index is 911. The second kappa shape index (κ2) is 7.26. The molecule has 154 valence electrons. The van der Waals surface area contributed by atoms with E-state index < -0.39 is 0 Å². The van der Waals surface area contributed by atoms with Gasteiger partial charge in [-0.15, -0.1) is 5.10 Å². The largest absolute Gasteiger partial charge is 0.277 e. The van der Waals surface area contributed by atoms with Crippen molar-refractivity contribution < 1.29 is 4.79 Å².